The molecule has 0 aliphatic carbocycles. The summed E-state index contributed by atoms with van der Waals surface area (Å²) in [5, 5.41) is 21.5. The highest BCUT2D eigenvalue weighted by Crippen LogP contribution is 2.42. The van der Waals surface area contributed by atoms with Crippen LogP contribution in [0.3, 0.4) is 0 Å². The maximum absolute atomic E-state index is 12.4. The molecule has 23 heteroatoms. The normalized spacial score (nSPS) is 26.3. The predicted molar refractivity (Wildman–Crippen MR) is 180 cm³/mol. The molecule has 2 unspecified atom stereocenters. The van der Waals surface area contributed by atoms with Gasteiger partial charge < -0.3 is 67.1 Å². The number of rotatable bonds is 15. The number of carbonyl (C=O) groups is 9. The Kier molecular flexibility index (Phi) is 16.1. The SMILES string of the molecule is CC(=O)OC[C@H]1OC(Oc2cc(C(=O)O)cc(OC3O[C@H](COC(C)=O)[C@@H](OC(C)=O)[C@H](OC(C)=O)[C@H]3OC(C)=O)c2O)[C@H](OC(C)=O)[C@@H](OC(C)=O)[C@@H]1OC(C)=O. The summed E-state index contributed by atoms with van der Waals surface area (Å²) in [5.41, 5.74) is -0.654. The molecule has 2 saturated heterocycles. The molecule has 0 amide bonds. The van der Waals surface area contributed by atoms with E-state index in [0.29, 0.717) is 0 Å². The molecule has 2 fully saturated rings. The smallest absolute Gasteiger partial charge is 0.335 e. The minimum absolute atomic E-state index is 0.654. The number of phenolic OH excluding ortho intramolecular Hbond substituents is 1. The van der Waals surface area contributed by atoms with Gasteiger partial charge in [0.25, 0.3) is 0 Å². The lowest BCUT2D eigenvalue weighted by molar-refractivity contribution is -0.289. The Hall–Kier alpha value is -6.23. The van der Waals surface area contributed by atoms with Gasteiger partial charge >= 0.3 is 53.7 Å². The second-order valence-electron chi connectivity index (χ2n) is 12.5. The lowest BCUT2D eigenvalue weighted by atomic mass is 9.98. The number of aromatic hydroxyl groups is 1. The van der Waals surface area contributed by atoms with Crippen LogP contribution in [0.2, 0.25) is 0 Å². The van der Waals surface area contributed by atoms with Crippen LogP contribution in [0, 0.1) is 0 Å². The van der Waals surface area contributed by atoms with Crippen molar-refractivity contribution in [2.45, 2.75) is 117 Å². The Labute approximate surface area is 328 Å². The van der Waals surface area contributed by atoms with Gasteiger partial charge in [0.1, 0.15) is 25.4 Å². The topological polar surface area (TPSA) is 305 Å². The lowest BCUT2D eigenvalue weighted by Gasteiger charge is -2.44. The van der Waals surface area contributed by atoms with Gasteiger partial charge in [-0.15, -0.1) is 0 Å². The van der Waals surface area contributed by atoms with Crippen molar-refractivity contribution < 1.29 is 110 Å². The van der Waals surface area contributed by atoms with Crippen molar-refractivity contribution in [2.24, 2.45) is 0 Å². The minimum Gasteiger partial charge on any atom is -0.502 e. The first kappa shape index (κ1) is 46.2. The van der Waals surface area contributed by atoms with E-state index in [1.54, 1.807) is 0 Å². The van der Waals surface area contributed by atoms with E-state index in [-0.39, 0.29) is 0 Å². The Morgan fingerprint density at radius 1 is 0.483 bits per heavy atom. The summed E-state index contributed by atoms with van der Waals surface area (Å²) in [6.45, 7) is 6.64. The zero-order chi connectivity index (χ0) is 43.6. The summed E-state index contributed by atoms with van der Waals surface area (Å²) in [7, 11) is 0. The van der Waals surface area contributed by atoms with Crippen molar-refractivity contribution in [3.8, 4) is 17.2 Å². The number of hydrogen-bond donors (Lipinski definition) is 2. The average Bonchev–Trinajstić information content (AvgIpc) is 3.08. The van der Waals surface area contributed by atoms with Gasteiger partial charge in [-0.05, 0) is 12.1 Å². The van der Waals surface area contributed by atoms with Crippen molar-refractivity contribution in [3.05, 3.63) is 17.7 Å². The molecule has 2 aliphatic heterocycles. The van der Waals surface area contributed by atoms with E-state index in [4.69, 9.17) is 56.8 Å². The van der Waals surface area contributed by atoms with Crippen LogP contribution in [0.1, 0.15) is 65.7 Å². The third kappa shape index (κ3) is 12.9. The van der Waals surface area contributed by atoms with Gasteiger partial charge in [-0.3, -0.25) is 38.4 Å². The second kappa shape index (κ2) is 20.3. The van der Waals surface area contributed by atoms with E-state index in [9.17, 15) is 53.4 Å². The molecule has 1 aromatic carbocycles. The highest BCUT2D eigenvalue weighted by molar-refractivity contribution is 5.89. The van der Waals surface area contributed by atoms with Crippen LogP contribution >= 0.6 is 0 Å². The van der Waals surface area contributed by atoms with Crippen molar-refractivity contribution in [2.75, 3.05) is 13.2 Å². The molecular weight excluding hydrogens is 788 g/mol. The zero-order valence-corrected chi connectivity index (χ0v) is 32.3. The van der Waals surface area contributed by atoms with Gasteiger partial charge in [0, 0.05) is 55.4 Å². The van der Waals surface area contributed by atoms with Crippen LogP contribution in [0.25, 0.3) is 0 Å². The molecular formula is C35H42O23. The summed E-state index contributed by atoms with van der Waals surface area (Å²) >= 11 is 0. The first-order valence-electron chi connectivity index (χ1n) is 17.1. The van der Waals surface area contributed by atoms with Crippen LogP contribution in [-0.2, 0) is 85.7 Å². The standard InChI is InChI=1S/C35H42O23/c1-13(36)47-11-24-27(49-15(3)38)29(51-17(5)40)31(53-19(7)42)34(57-24)55-22-9-21(33(45)46)10-23(26(22)44)56-35-32(54-20(8)43)30(52-18(6)41)28(50-16(4)39)25(58-35)12-48-14(2)37/h9-10,24-25,27-32,34-35,44H,11-12H2,1-8H3,(H,45,46)/t24-,25-,27-,28-,29+,30+,31-,32-,34?,35?/m1/s1. The average molecular weight is 831 g/mol. The number of benzene rings is 1. The molecule has 10 atom stereocenters. The van der Waals surface area contributed by atoms with E-state index in [2.05, 4.69) is 0 Å². The van der Waals surface area contributed by atoms with Gasteiger partial charge in [0.2, 0.25) is 30.5 Å². The Balaban J connectivity index is 2.19. The molecule has 0 aromatic heterocycles. The maximum Gasteiger partial charge on any atom is 0.335 e. The van der Waals surface area contributed by atoms with Gasteiger partial charge in [0.15, 0.2) is 35.9 Å². The Morgan fingerprint density at radius 3 is 1.05 bits per heavy atom. The van der Waals surface area contributed by atoms with E-state index < -0.39 is 151 Å². The molecule has 0 radical (unpaired) electrons. The molecule has 320 valence electrons. The quantitative estimate of drug-likeness (QED) is 0.174. The third-order valence-electron chi connectivity index (χ3n) is 7.67. The highest BCUT2D eigenvalue weighted by Gasteiger charge is 2.55. The summed E-state index contributed by atoms with van der Waals surface area (Å²) in [4.78, 5) is 109. The number of carbonyl (C=O) groups excluding carboxylic acids is 8. The fraction of sp³-hybridized carbons (Fsp3) is 0.571. The number of phenols is 1. The highest BCUT2D eigenvalue weighted by atomic mass is 16.8. The number of carboxylic acid groups (broad SMARTS) is 1. The van der Waals surface area contributed by atoms with E-state index in [0.717, 1.165) is 67.5 Å². The van der Waals surface area contributed by atoms with Crippen molar-refractivity contribution in [1.29, 1.82) is 0 Å². The molecule has 2 N–H and O–H groups in total. The number of carboxylic acids is 1. The van der Waals surface area contributed by atoms with Crippen molar-refractivity contribution in [3.63, 3.8) is 0 Å². The predicted octanol–water partition coefficient (Wildman–Crippen LogP) is 0.0142. The number of hydrogen-bond acceptors (Lipinski definition) is 22. The largest absolute Gasteiger partial charge is 0.502 e. The minimum atomic E-state index is -1.96. The first-order chi connectivity index (χ1) is 27.1. The van der Waals surface area contributed by atoms with Crippen LogP contribution < -0.4 is 9.47 Å². The zero-order valence-electron chi connectivity index (χ0n) is 32.3. The fourth-order valence-electron chi connectivity index (χ4n) is 5.70. The van der Waals surface area contributed by atoms with Gasteiger partial charge in [0.05, 0.1) is 5.56 Å². The van der Waals surface area contributed by atoms with Crippen molar-refractivity contribution in [1.82, 2.24) is 0 Å². The second-order valence-corrected chi connectivity index (χ2v) is 12.5. The number of ether oxygens (including phenoxy) is 12. The fourth-order valence-corrected chi connectivity index (χ4v) is 5.70. The molecule has 23 nitrogen and oxygen atoms in total. The summed E-state index contributed by atoms with van der Waals surface area (Å²) in [6, 6.07) is 1.54. The molecule has 58 heavy (non-hydrogen) atoms. The van der Waals surface area contributed by atoms with Gasteiger partial charge in [-0.1, -0.05) is 0 Å². The summed E-state index contributed by atoms with van der Waals surface area (Å²) < 4.78 is 65.6. The monoisotopic (exact) mass is 830 g/mol. The molecule has 0 saturated carbocycles. The molecule has 3 rings (SSSR count). The molecule has 0 bridgehead atoms. The summed E-state index contributed by atoms with van der Waals surface area (Å²) in [5.74, 6) is -11.6. The first-order valence-corrected chi connectivity index (χ1v) is 17.1. The van der Waals surface area contributed by atoms with Crippen LogP contribution in [0.15, 0.2) is 12.1 Å². The van der Waals surface area contributed by atoms with E-state index in [1.165, 1.54) is 0 Å². The van der Waals surface area contributed by atoms with Gasteiger partial charge in [-0.2, -0.15) is 0 Å². The third-order valence-corrected chi connectivity index (χ3v) is 7.67. The Bertz CT molecular complexity index is 1640. The van der Waals surface area contributed by atoms with E-state index >= 15 is 0 Å². The van der Waals surface area contributed by atoms with Crippen molar-refractivity contribution >= 4 is 53.7 Å². The Morgan fingerprint density at radius 2 is 0.776 bits per heavy atom. The molecule has 0 spiro atoms. The number of esters is 8. The van der Waals surface area contributed by atoms with Crippen LogP contribution in [-0.4, -0.2) is 139 Å². The number of aromatic carboxylic acids is 1. The molecule has 2 heterocycles. The lowest BCUT2D eigenvalue weighted by Crippen LogP contribution is -2.63. The van der Waals surface area contributed by atoms with E-state index in [1.807, 2.05) is 0 Å². The molecule has 1 aromatic rings. The summed E-state index contributed by atoms with van der Waals surface area (Å²) in [6.07, 6.45) is -17.2. The maximum atomic E-state index is 12.4. The van der Waals surface area contributed by atoms with Gasteiger partial charge in [-0.25, -0.2) is 4.79 Å². The molecule has 2 aliphatic rings. The van der Waals surface area contributed by atoms with Crippen LogP contribution in [0.5, 0.6) is 17.2 Å². The van der Waals surface area contributed by atoms with Crippen LogP contribution in [0.4, 0.5) is 0 Å².